The molecule has 0 amide bonds. The molecule has 0 radical (unpaired) electrons. The standard InChI is InChI=1S/C33H55NO2.ClH/c1-20(2)24-16-14-22(5)18-27(24)33(28-19-23(6)15-17-25(28)21(3)4)31(35)30(34-32(7,8)9)26-12-10-11-13-29(26)36-33;/h10-13,20-25,27-28,30-31,34-35H,14-19H2,1-9H3;1H. The van der Waals surface area contributed by atoms with Gasteiger partial charge in [0, 0.05) is 22.9 Å². The first-order valence-corrected chi connectivity index (χ1v) is 15.1. The Morgan fingerprint density at radius 3 is 1.81 bits per heavy atom. The van der Waals surface area contributed by atoms with Crippen molar-refractivity contribution in [2.45, 2.75) is 124 Å². The highest BCUT2D eigenvalue weighted by molar-refractivity contribution is 5.85. The summed E-state index contributed by atoms with van der Waals surface area (Å²) in [5, 5.41) is 16.7. The smallest absolute Gasteiger partial charge is 0.143 e. The van der Waals surface area contributed by atoms with E-state index in [1.807, 2.05) is 0 Å². The fraction of sp³-hybridized carbons (Fsp3) is 0.818. The van der Waals surface area contributed by atoms with E-state index >= 15 is 0 Å². The number of aliphatic hydroxyl groups is 1. The fourth-order valence-electron chi connectivity index (χ4n) is 8.44. The molecule has 1 aromatic carbocycles. The first-order valence-electron chi connectivity index (χ1n) is 15.1. The number of halogens is 1. The number of ether oxygens (including phenoxy) is 1. The number of fused-ring (bicyclic) bond motifs is 1. The molecule has 2 aliphatic carbocycles. The highest BCUT2D eigenvalue weighted by atomic mass is 35.5. The Labute approximate surface area is 234 Å². The van der Waals surface area contributed by atoms with Crippen LogP contribution in [0.3, 0.4) is 0 Å². The van der Waals surface area contributed by atoms with Crippen LogP contribution in [0.5, 0.6) is 5.75 Å². The van der Waals surface area contributed by atoms with Crippen LogP contribution in [0, 0.1) is 47.3 Å². The van der Waals surface area contributed by atoms with Crippen LogP contribution in [0.1, 0.15) is 112 Å². The van der Waals surface area contributed by atoms with Crippen molar-refractivity contribution in [2.75, 3.05) is 0 Å². The number of hydrogen-bond donors (Lipinski definition) is 2. The molecule has 0 saturated heterocycles. The van der Waals surface area contributed by atoms with E-state index in [4.69, 9.17) is 4.74 Å². The summed E-state index contributed by atoms with van der Waals surface area (Å²) < 4.78 is 7.42. The summed E-state index contributed by atoms with van der Waals surface area (Å²) in [5.41, 5.74) is 0.423. The highest BCUT2D eigenvalue weighted by Crippen LogP contribution is 2.59. The molecule has 4 heteroatoms. The van der Waals surface area contributed by atoms with Crippen LogP contribution in [0.2, 0.25) is 0 Å². The number of aliphatic hydroxyl groups excluding tert-OH is 1. The minimum Gasteiger partial charge on any atom is -0.484 e. The summed E-state index contributed by atoms with van der Waals surface area (Å²) in [6.45, 7) is 21.1. The van der Waals surface area contributed by atoms with E-state index in [0.717, 1.165) is 24.2 Å². The molecule has 0 spiro atoms. The molecule has 2 saturated carbocycles. The molecule has 1 aromatic rings. The summed E-state index contributed by atoms with van der Waals surface area (Å²) in [6.07, 6.45) is 6.80. The van der Waals surface area contributed by atoms with Gasteiger partial charge in [-0.1, -0.05) is 72.6 Å². The Kier molecular flexibility index (Phi) is 9.78. The van der Waals surface area contributed by atoms with Gasteiger partial charge in [-0.05, 0) is 88.0 Å². The van der Waals surface area contributed by atoms with Crippen molar-refractivity contribution >= 4 is 12.4 Å². The molecule has 2 fully saturated rings. The average Bonchev–Trinajstić information content (AvgIpc) is 2.79. The van der Waals surface area contributed by atoms with Gasteiger partial charge in [-0.2, -0.15) is 0 Å². The van der Waals surface area contributed by atoms with Gasteiger partial charge in [0.2, 0.25) is 0 Å². The van der Waals surface area contributed by atoms with Crippen molar-refractivity contribution in [1.29, 1.82) is 0 Å². The van der Waals surface area contributed by atoms with Gasteiger partial charge in [0.05, 0.1) is 6.04 Å². The third kappa shape index (κ3) is 6.04. The third-order valence-electron chi connectivity index (χ3n) is 10.1. The Bertz CT molecular complexity index is 845. The van der Waals surface area contributed by atoms with Crippen molar-refractivity contribution in [3.63, 3.8) is 0 Å². The second-order valence-electron chi connectivity index (χ2n) is 14.7. The van der Waals surface area contributed by atoms with E-state index in [9.17, 15) is 5.11 Å². The zero-order chi connectivity index (χ0) is 26.4. The largest absolute Gasteiger partial charge is 0.484 e. The van der Waals surface area contributed by atoms with Gasteiger partial charge in [-0.3, -0.25) is 0 Å². The van der Waals surface area contributed by atoms with Crippen molar-refractivity contribution in [2.24, 2.45) is 47.3 Å². The minimum atomic E-state index is -0.584. The molecular weight excluding hydrogens is 478 g/mol. The Balaban J connectivity index is 0.00000380. The second kappa shape index (κ2) is 11.8. The molecule has 3 aliphatic rings. The lowest BCUT2D eigenvalue weighted by molar-refractivity contribution is -0.204. The van der Waals surface area contributed by atoms with E-state index in [0.29, 0.717) is 47.3 Å². The van der Waals surface area contributed by atoms with Crippen LogP contribution < -0.4 is 10.1 Å². The Hall–Kier alpha value is -0.770. The van der Waals surface area contributed by atoms with Gasteiger partial charge in [-0.15, -0.1) is 12.4 Å². The normalized spacial score (nSPS) is 38.6. The molecule has 37 heavy (non-hydrogen) atoms. The van der Waals surface area contributed by atoms with Gasteiger partial charge in [0.25, 0.3) is 0 Å². The van der Waals surface area contributed by atoms with Crippen LogP contribution in [0.15, 0.2) is 24.3 Å². The molecule has 0 aromatic heterocycles. The maximum atomic E-state index is 12.8. The van der Waals surface area contributed by atoms with E-state index in [2.05, 4.69) is 91.9 Å². The molecule has 0 bridgehead atoms. The van der Waals surface area contributed by atoms with Crippen LogP contribution in [-0.2, 0) is 0 Å². The van der Waals surface area contributed by atoms with Crippen LogP contribution in [-0.4, -0.2) is 22.4 Å². The van der Waals surface area contributed by atoms with Gasteiger partial charge in [0.15, 0.2) is 0 Å². The predicted octanol–water partition coefficient (Wildman–Crippen LogP) is 8.45. The summed E-state index contributed by atoms with van der Waals surface area (Å²) >= 11 is 0. The number of para-hydroxylation sites is 1. The van der Waals surface area contributed by atoms with Crippen molar-refractivity contribution in [1.82, 2.24) is 5.32 Å². The number of rotatable bonds is 5. The predicted molar refractivity (Wildman–Crippen MR) is 158 cm³/mol. The number of nitrogens with one attached hydrogen (secondary N) is 1. The third-order valence-corrected chi connectivity index (χ3v) is 10.1. The molecule has 212 valence electrons. The summed E-state index contributed by atoms with van der Waals surface area (Å²) in [5.74, 6) is 5.34. The van der Waals surface area contributed by atoms with Crippen molar-refractivity contribution < 1.29 is 9.84 Å². The fourth-order valence-corrected chi connectivity index (χ4v) is 8.44. The minimum absolute atomic E-state index is 0. The Morgan fingerprint density at radius 2 is 1.35 bits per heavy atom. The van der Waals surface area contributed by atoms with E-state index in [1.165, 1.54) is 25.7 Å². The second-order valence-corrected chi connectivity index (χ2v) is 14.7. The molecule has 1 heterocycles. The highest BCUT2D eigenvalue weighted by Gasteiger charge is 2.63. The molecule has 2 N–H and O–H groups in total. The summed E-state index contributed by atoms with van der Waals surface area (Å²) in [7, 11) is 0. The molecule has 8 atom stereocenters. The van der Waals surface area contributed by atoms with Crippen LogP contribution in [0.25, 0.3) is 0 Å². The SMILES string of the molecule is CC1CCC(C(C)C)C(C2(C3CC(C)CCC3C(C)C)Oc3ccccc3C(NC(C)(C)C)C2O)C1.Cl. The van der Waals surface area contributed by atoms with E-state index in [-0.39, 0.29) is 24.0 Å². The lowest BCUT2D eigenvalue weighted by Gasteiger charge is -2.61. The monoisotopic (exact) mass is 533 g/mol. The lowest BCUT2D eigenvalue weighted by Crippen LogP contribution is -2.69. The first kappa shape index (κ1) is 30.8. The topological polar surface area (TPSA) is 41.5 Å². The number of hydrogen-bond acceptors (Lipinski definition) is 3. The maximum Gasteiger partial charge on any atom is 0.143 e. The van der Waals surface area contributed by atoms with Crippen molar-refractivity contribution in [3.8, 4) is 5.75 Å². The van der Waals surface area contributed by atoms with Gasteiger partial charge < -0.3 is 15.2 Å². The number of benzene rings is 1. The summed E-state index contributed by atoms with van der Waals surface area (Å²) in [6, 6.07) is 8.41. The molecular formula is C33H56ClNO2. The molecule has 3 nitrogen and oxygen atoms in total. The summed E-state index contributed by atoms with van der Waals surface area (Å²) in [4.78, 5) is 0. The molecule has 1 aliphatic heterocycles. The van der Waals surface area contributed by atoms with Crippen LogP contribution >= 0.6 is 12.4 Å². The zero-order valence-electron chi connectivity index (χ0n) is 25.1. The van der Waals surface area contributed by atoms with Gasteiger partial charge in [-0.25, -0.2) is 0 Å². The average molecular weight is 534 g/mol. The Morgan fingerprint density at radius 1 is 0.865 bits per heavy atom. The molecule has 8 unspecified atom stereocenters. The van der Waals surface area contributed by atoms with Gasteiger partial charge >= 0.3 is 0 Å². The first-order chi connectivity index (χ1) is 16.8. The van der Waals surface area contributed by atoms with Crippen molar-refractivity contribution in [3.05, 3.63) is 29.8 Å². The van der Waals surface area contributed by atoms with E-state index < -0.39 is 11.7 Å². The quantitative estimate of drug-likeness (QED) is 0.399. The van der Waals surface area contributed by atoms with Gasteiger partial charge in [0.1, 0.15) is 17.5 Å². The lowest BCUT2D eigenvalue weighted by atomic mass is 9.52. The van der Waals surface area contributed by atoms with Crippen LogP contribution in [0.4, 0.5) is 0 Å². The maximum absolute atomic E-state index is 12.8. The molecule has 4 rings (SSSR count). The van der Waals surface area contributed by atoms with E-state index in [1.54, 1.807) is 0 Å². The zero-order valence-corrected chi connectivity index (χ0v) is 25.9.